The molecule has 0 bridgehead atoms. The first-order valence-corrected chi connectivity index (χ1v) is 10.6. The lowest BCUT2D eigenvalue weighted by Gasteiger charge is -2.49. The van der Waals surface area contributed by atoms with E-state index in [4.69, 9.17) is 39.5 Å². The van der Waals surface area contributed by atoms with Gasteiger partial charge in [0.05, 0.1) is 0 Å². The molecule has 12 heteroatoms. The number of halogens is 3. The third kappa shape index (κ3) is 5.06. The van der Waals surface area contributed by atoms with Crippen molar-refractivity contribution in [2.24, 2.45) is 5.92 Å². The number of fused-ring (bicyclic) bond motifs is 1. The molecule has 28 heavy (non-hydrogen) atoms. The maximum Gasteiger partial charge on any atom is 0.355 e. The molecule has 2 N–H and O–H groups in total. The Kier molecular flexibility index (Phi) is 7.52. The minimum Gasteiger partial charge on any atom is -0.481 e. The molecule has 2 amide bonds. The fourth-order valence-electron chi connectivity index (χ4n) is 2.89. The zero-order valence-electron chi connectivity index (χ0n) is 15.0. The van der Waals surface area contributed by atoms with Gasteiger partial charge in [-0.3, -0.25) is 19.3 Å². The van der Waals surface area contributed by atoms with Crippen molar-refractivity contribution in [3.63, 3.8) is 0 Å². The van der Waals surface area contributed by atoms with Crippen molar-refractivity contribution in [3.05, 3.63) is 11.3 Å². The second-order valence-corrected chi connectivity index (χ2v) is 10.0. The third-order valence-electron chi connectivity index (χ3n) is 4.21. The Morgan fingerprint density at radius 2 is 2.04 bits per heavy atom. The molecule has 8 nitrogen and oxygen atoms in total. The molecule has 156 valence electrons. The molecule has 0 aromatic heterocycles. The molecule has 2 heterocycles. The van der Waals surface area contributed by atoms with Crippen LogP contribution in [-0.2, 0) is 23.9 Å². The molecule has 1 saturated heterocycles. The summed E-state index contributed by atoms with van der Waals surface area (Å²) in [5.41, 5.74) is 0.667. The lowest BCUT2D eigenvalue weighted by atomic mass is 9.99. The Balaban J connectivity index is 2.09. The van der Waals surface area contributed by atoms with Gasteiger partial charge in [-0.05, 0) is 18.9 Å². The van der Waals surface area contributed by atoms with Gasteiger partial charge in [0.15, 0.2) is 0 Å². The number of thioether (sulfide) groups is 1. The van der Waals surface area contributed by atoms with Crippen LogP contribution >= 0.6 is 46.6 Å². The monoisotopic (exact) mass is 472 g/mol. The highest BCUT2D eigenvalue weighted by Gasteiger charge is 2.54. The van der Waals surface area contributed by atoms with Crippen LogP contribution in [0.3, 0.4) is 0 Å². The fraction of sp³-hybridized carbons (Fsp3) is 0.625. The van der Waals surface area contributed by atoms with Crippen LogP contribution in [0.4, 0.5) is 0 Å². The number of carbonyl (C=O) groups is 4. The van der Waals surface area contributed by atoms with Gasteiger partial charge < -0.3 is 15.2 Å². The van der Waals surface area contributed by atoms with Gasteiger partial charge in [-0.15, -0.1) is 11.8 Å². The Morgan fingerprint density at radius 3 is 2.57 bits per heavy atom. The summed E-state index contributed by atoms with van der Waals surface area (Å²) in [4.78, 5) is 49.7. The SMILES string of the molecule is CCCC(C(=O)O)C(=O)NC1C(=O)N2C(C(=O)OCC(Cl)(Cl)Cl)=C(C)CS[C@H]12. The molecule has 2 rings (SSSR count). The van der Waals surface area contributed by atoms with Gasteiger partial charge in [0.2, 0.25) is 9.70 Å². The first-order chi connectivity index (χ1) is 13.0. The number of esters is 1. The second kappa shape index (κ2) is 9.11. The maximum atomic E-state index is 12.6. The summed E-state index contributed by atoms with van der Waals surface area (Å²) < 4.78 is 3.19. The Labute approximate surface area is 180 Å². The summed E-state index contributed by atoms with van der Waals surface area (Å²) in [5.74, 6) is -4.10. The van der Waals surface area contributed by atoms with Gasteiger partial charge in [-0.25, -0.2) is 4.79 Å². The quantitative estimate of drug-likeness (QED) is 0.252. The maximum absolute atomic E-state index is 12.6. The van der Waals surface area contributed by atoms with Crippen LogP contribution in [0, 0.1) is 5.92 Å². The number of hydrogen-bond donors (Lipinski definition) is 2. The number of rotatable bonds is 7. The fourth-order valence-corrected chi connectivity index (χ4v) is 4.34. The summed E-state index contributed by atoms with van der Waals surface area (Å²) >= 11 is 18.1. The summed E-state index contributed by atoms with van der Waals surface area (Å²) in [6.07, 6.45) is 0.672. The lowest BCUT2D eigenvalue weighted by molar-refractivity contribution is -0.155. The van der Waals surface area contributed by atoms with Crippen molar-refractivity contribution in [3.8, 4) is 0 Å². The number of hydrogen-bond acceptors (Lipinski definition) is 6. The van der Waals surface area contributed by atoms with Crippen LogP contribution in [0.15, 0.2) is 11.3 Å². The molecule has 2 unspecified atom stereocenters. The van der Waals surface area contributed by atoms with Crippen LogP contribution < -0.4 is 5.32 Å². The highest BCUT2D eigenvalue weighted by atomic mass is 35.6. The van der Waals surface area contributed by atoms with E-state index in [0.717, 1.165) is 0 Å². The number of carboxylic acid groups (broad SMARTS) is 1. The van der Waals surface area contributed by atoms with E-state index in [2.05, 4.69) is 5.32 Å². The predicted molar refractivity (Wildman–Crippen MR) is 105 cm³/mol. The summed E-state index contributed by atoms with van der Waals surface area (Å²) in [6.45, 7) is 2.96. The number of ether oxygens (including phenoxy) is 1. The number of nitrogens with one attached hydrogen (secondary N) is 1. The average molecular weight is 474 g/mol. The Hall–Kier alpha value is -1.16. The minimum absolute atomic E-state index is 0.0526. The van der Waals surface area contributed by atoms with Crippen LogP contribution in [-0.4, -0.2) is 61.3 Å². The van der Waals surface area contributed by atoms with E-state index in [1.165, 1.54) is 16.7 Å². The molecule has 1 fully saturated rings. The summed E-state index contributed by atoms with van der Waals surface area (Å²) in [6, 6.07) is -0.916. The molecule has 0 radical (unpaired) electrons. The first kappa shape index (κ1) is 23.1. The van der Waals surface area contributed by atoms with E-state index in [9.17, 15) is 24.3 Å². The molecule has 0 aliphatic carbocycles. The normalized spacial score (nSPS) is 22.9. The summed E-state index contributed by atoms with van der Waals surface area (Å²) in [5, 5.41) is 11.1. The van der Waals surface area contributed by atoms with Gasteiger partial charge in [0.1, 0.15) is 29.6 Å². The highest BCUT2D eigenvalue weighted by molar-refractivity contribution is 8.00. The molecule has 0 spiro atoms. The number of carboxylic acids is 1. The molecular weight excluding hydrogens is 455 g/mol. The number of alkyl halides is 3. The number of aliphatic carboxylic acids is 1. The van der Waals surface area contributed by atoms with Crippen LogP contribution in [0.5, 0.6) is 0 Å². The third-order valence-corrected chi connectivity index (χ3v) is 5.96. The predicted octanol–water partition coefficient (Wildman–Crippen LogP) is 2.07. The van der Waals surface area contributed by atoms with Crippen molar-refractivity contribution in [2.75, 3.05) is 12.4 Å². The van der Waals surface area contributed by atoms with Gasteiger partial charge >= 0.3 is 11.9 Å². The van der Waals surface area contributed by atoms with Gasteiger partial charge in [0.25, 0.3) is 5.91 Å². The van der Waals surface area contributed by atoms with E-state index in [-0.39, 0.29) is 12.1 Å². The van der Waals surface area contributed by atoms with Crippen molar-refractivity contribution in [2.45, 2.75) is 41.9 Å². The highest BCUT2D eigenvalue weighted by Crippen LogP contribution is 2.41. The zero-order valence-corrected chi connectivity index (χ0v) is 18.1. The van der Waals surface area contributed by atoms with E-state index in [1.807, 2.05) is 0 Å². The molecular formula is C16H19Cl3N2O6S. The van der Waals surface area contributed by atoms with Crippen molar-refractivity contribution < 1.29 is 29.0 Å². The van der Waals surface area contributed by atoms with E-state index < -0.39 is 51.5 Å². The van der Waals surface area contributed by atoms with Crippen LogP contribution in [0.2, 0.25) is 0 Å². The molecule has 0 aromatic rings. The standard InChI is InChI=1S/C16H19Cl3N2O6S/c1-3-4-8(14(24)25)11(22)20-9-12(23)21-10(7(2)5-28-13(9)21)15(26)27-6-16(17,18)19/h8-9,13H,3-6H2,1-2H3,(H,20,22)(H,24,25)/t8?,9?,13-/m1/s1. The topological polar surface area (TPSA) is 113 Å². The van der Waals surface area contributed by atoms with Crippen LogP contribution in [0.1, 0.15) is 26.7 Å². The van der Waals surface area contributed by atoms with Crippen molar-refractivity contribution in [1.29, 1.82) is 0 Å². The molecule has 2 aliphatic heterocycles. The molecule has 0 saturated carbocycles. The summed E-state index contributed by atoms with van der Waals surface area (Å²) in [7, 11) is 0. The lowest BCUT2D eigenvalue weighted by Crippen LogP contribution is -2.71. The van der Waals surface area contributed by atoms with E-state index in [1.54, 1.807) is 13.8 Å². The number of carbonyl (C=O) groups excluding carboxylic acids is 3. The zero-order chi connectivity index (χ0) is 21.2. The van der Waals surface area contributed by atoms with E-state index >= 15 is 0 Å². The molecule has 0 aromatic carbocycles. The molecule has 2 aliphatic rings. The average Bonchev–Trinajstić information content (AvgIpc) is 2.60. The minimum atomic E-state index is -1.78. The number of β-lactam (4-membered cyclic amide) rings is 1. The van der Waals surface area contributed by atoms with Gasteiger partial charge in [-0.1, -0.05) is 48.1 Å². The second-order valence-electron chi connectivity index (χ2n) is 6.40. The van der Waals surface area contributed by atoms with Gasteiger partial charge in [-0.2, -0.15) is 0 Å². The first-order valence-electron chi connectivity index (χ1n) is 8.39. The smallest absolute Gasteiger partial charge is 0.355 e. The number of nitrogens with zero attached hydrogens (tertiary/aromatic N) is 1. The Bertz CT molecular complexity index is 724. The van der Waals surface area contributed by atoms with Gasteiger partial charge in [0, 0.05) is 5.75 Å². The van der Waals surface area contributed by atoms with Crippen molar-refractivity contribution in [1.82, 2.24) is 10.2 Å². The number of amides is 2. The molecule has 3 atom stereocenters. The van der Waals surface area contributed by atoms with Crippen molar-refractivity contribution >= 4 is 70.3 Å². The van der Waals surface area contributed by atoms with E-state index in [0.29, 0.717) is 17.7 Å². The Morgan fingerprint density at radius 1 is 1.39 bits per heavy atom. The van der Waals surface area contributed by atoms with Crippen LogP contribution in [0.25, 0.3) is 0 Å². The largest absolute Gasteiger partial charge is 0.481 e.